The lowest BCUT2D eigenvalue weighted by atomic mass is 10.3. The highest BCUT2D eigenvalue weighted by Gasteiger charge is 2.10. The number of halogens is 1. The molecule has 0 bridgehead atoms. The van der Waals surface area contributed by atoms with E-state index in [4.69, 9.17) is 11.6 Å². The Hall–Kier alpha value is -1.20. The van der Waals surface area contributed by atoms with Gasteiger partial charge >= 0.3 is 6.03 Å². The van der Waals surface area contributed by atoms with E-state index < -0.39 is 6.03 Å². The first-order valence-corrected chi connectivity index (χ1v) is 7.37. The van der Waals surface area contributed by atoms with E-state index in [0.29, 0.717) is 5.02 Å². The number of nitrogens with one attached hydrogen (secondary N) is 2. The van der Waals surface area contributed by atoms with Crippen molar-refractivity contribution in [1.29, 1.82) is 0 Å². The number of amides is 3. The summed E-state index contributed by atoms with van der Waals surface area (Å²) in [5, 5.41) is 5.55. The topological polar surface area (TPSA) is 58.2 Å². The standard InChI is InChI=1S/C13H17ClN2O2S/c1-3-9(2)15-13(18)16-12(17)8-19-11-7-5-4-6-10(11)14/h4-7,9H,3,8H2,1-2H3,(H2,15,16,17,18)/t9-/m1/s1. The zero-order chi connectivity index (χ0) is 14.3. The predicted octanol–water partition coefficient (Wildman–Crippen LogP) is 3.06. The van der Waals surface area contributed by atoms with Crippen LogP contribution in [-0.2, 0) is 4.79 Å². The number of carbonyl (C=O) groups is 2. The molecule has 1 atom stereocenters. The molecule has 0 unspecified atom stereocenters. The summed E-state index contributed by atoms with van der Waals surface area (Å²) in [5.74, 6) is -0.191. The van der Waals surface area contributed by atoms with Gasteiger partial charge in [-0.25, -0.2) is 4.79 Å². The second kappa shape index (κ2) is 8.07. The average Bonchev–Trinajstić information content (AvgIpc) is 2.37. The molecule has 1 aromatic carbocycles. The van der Waals surface area contributed by atoms with Crippen molar-refractivity contribution in [3.05, 3.63) is 29.3 Å². The second-order valence-electron chi connectivity index (χ2n) is 4.05. The minimum atomic E-state index is -0.459. The van der Waals surface area contributed by atoms with Crippen molar-refractivity contribution in [1.82, 2.24) is 10.6 Å². The molecule has 0 heterocycles. The summed E-state index contributed by atoms with van der Waals surface area (Å²) >= 11 is 7.27. The fourth-order valence-electron chi connectivity index (χ4n) is 1.23. The highest BCUT2D eigenvalue weighted by molar-refractivity contribution is 8.00. The zero-order valence-corrected chi connectivity index (χ0v) is 12.5. The Labute approximate surface area is 122 Å². The molecule has 0 aliphatic rings. The molecule has 6 heteroatoms. The Morgan fingerprint density at radius 2 is 2.05 bits per heavy atom. The average molecular weight is 301 g/mol. The van der Waals surface area contributed by atoms with E-state index in [1.807, 2.05) is 32.0 Å². The van der Waals surface area contributed by atoms with Crippen LogP contribution in [0.25, 0.3) is 0 Å². The Morgan fingerprint density at radius 1 is 1.37 bits per heavy atom. The first kappa shape index (κ1) is 15.9. The van der Waals surface area contributed by atoms with Gasteiger partial charge in [-0.1, -0.05) is 30.7 Å². The van der Waals surface area contributed by atoms with Crippen LogP contribution in [0.1, 0.15) is 20.3 Å². The highest BCUT2D eigenvalue weighted by atomic mass is 35.5. The molecule has 104 valence electrons. The maximum Gasteiger partial charge on any atom is 0.321 e. The van der Waals surface area contributed by atoms with E-state index in [-0.39, 0.29) is 17.7 Å². The molecule has 0 fully saturated rings. The van der Waals surface area contributed by atoms with Crippen molar-refractivity contribution in [3.63, 3.8) is 0 Å². The molecule has 0 aromatic heterocycles. The largest absolute Gasteiger partial charge is 0.335 e. The van der Waals surface area contributed by atoms with Crippen LogP contribution in [0.5, 0.6) is 0 Å². The van der Waals surface area contributed by atoms with Gasteiger partial charge in [0.2, 0.25) is 5.91 Å². The number of rotatable bonds is 5. The summed E-state index contributed by atoms with van der Waals surface area (Å²) < 4.78 is 0. The fraction of sp³-hybridized carbons (Fsp3) is 0.385. The van der Waals surface area contributed by atoms with Gasteiger partial charge in [0, 0.05) is 10.9 Å². The number of imide groups is 1. The van der Waals surface area contributed by atoms with Crippen molar-refractivity contribution >= 4 is 35.3 Å². The number of carbonyl (C=O) groups excluding carboxylic acids is 2. The maximum atomic E-state index is 11.6. The third kappa shape index (κ3) is 5.98. The van der Waals surface area contributed by atoms with Crippen molar-refractivity contribution in [2.45, 2.75) is 31.2 Å². The van der Waals surface area contributed by atoms with E-state index in [0.717, 1.165) is 11.3 Å². The lowest BCUT2D eigenvalue weighted by molar-refractivity contribution is -0.117. The third-order valence-electron chi connectivity index (χ3n) is 2.44. The number of hydrogen-bond acceptors (Lipinski definition) is 3. The van der Waals surface area contributed by atoms with Gasteiger partial charge in [-0.2, -0.15) is 0 Å². The van der Waals surface area contributed by atoms with E-state index in [1.54, 1.807) is 6.07 Å². The molecule has 0 spiro atoms. The molecule has 19 heavy (non-hydrogen) atoms. The summed E-state index contributed by atoms with van der Waals surface area (Å²) in [5.41, 5.74) is 0. The monoisotopic (exact) mass is 300 g/mol. The van der Waals surface area contributed by atoms with Gasteiger partial charge in [0.1, 0.15) is 0 Å². The number of hydrogen-bond donors (Lipinski definition) is 2. The first-order chi connectivity index (χ1) is 9.02. The van der Waals surface area contributed by atoms with Gasteiger partial charge in [0.15, 0.2) is 0 Å². The van der Waals surface area contributed by atoms with Gasteiger partial charge in [0.05, 0.1) is 10.8 Å². The van der Waals surface area contributed by atoms with Crippen LogP contribution in [0.15, 0.2) is 29.2 Å². The Kier molecular flexibility index (Phi) is 6.73. The Morgan fingerprint density at radius 3 is 2.68 bits per heavy atom. The first-order valence-electron chi connectivity index (χ1n) is 6.00. The lowest BCUT2D eigenvalue weighted by Gasteiger charge is -2.11. The van der Waals surface area contributed by atoms with Gasteiger partial charge in [-0.3, -0.25) is 10.1 Å². The molecule has 0 aliphatic carbocycles. The molecular formula is C13H17ClN2O2S. The van der Waals surface area contributed by atoms with E-state index >= 15 is 0 Å². The molecular weight excluding hydrogens is 284 g/mol. The molecule has 4 nitrogen and oxygen atoms in total. The minimum absolute atomic E-state index is 0.0454. The van der Waals surface area contributed by atoms with Gasteiger partial charge < -0.3 is 5.32 Å². The lowest BCUT2D eigenvalue weighted by Crippen LogP contribution is -2.43. The van der Waals surface area contributed by atoms with Crippen molar-refractivity contribution in [2.24, 2.45) is 0 Å². The van der Waals surface area contributed by atoms with Crippen LogP contribution < -0.4 is 10.6 Å². The second-order valence-corrected chi connectivity index (χ2v) is 5.47. The summed E-state index contributed by atoms with van der Waals surface area (Å²) in [6.07, 6.45) is 0.815. The fourth-order valence-corrected chi connectivity index (χ4v) is 2.27. The van der Waals surface area contributed by atoms with E-state index in [2.05, 4.69) is 10.6 Å². The number of benzene rings is 1. The van der Waals surface area contributed by atoms with Crippen LogP contribution in [0, 0.1) is 0 Å². The van der Waals surface area contributed by atoms with E-state index in [9.17, 15) is 9.59 Å². The third-order valence-corrected chi connectivity index (χ3v) is 3.95. The maximum absolute atomic E-state index is 11.6. The zero-order valence-electron chi connectivity index (χ0n) is 10.9. The Bertz CT molecular complexity index is 454. The van der Waals surface area contributed by atoms with Crippen LogP contribution in [0.4, 0.5) is 4.79 Å². The van der Waals surface area contributed by atoms with Crippen LogP contribution in [-0.4, -0.2) is 23.7 Å². The molecule has 0 saturated heterocycles. The summed E-state index contributed by atoms with van der Waals surface area (Å²) in [6, 6.07) is 6.85. The van der Waals surface area contributed by atoms with Crippen molar-refractivity contribution < 1.29 is 9.59 Å². The molecule has 0 radical (unpaired) electrons. The van der Waals surface area contributed by atoms with Gasteiger partial charge in [-0.05, 0) is 25.5 Å². The molecule has 2 N–H and O–H groups in total. The SMILES string of the molecule is CC[C@@H](C)NC(=O)NC(=O)CSc1ccccc1Cl. The molecule has 0 aliphatic heterocycles. The molecule has 0 saturated carbocycles. The summed E-state index contributed by atoms with van der Waals surface area (Å²) in [7, 11) is 0. The number of thioether (sulfide) groups is 1. The summed E-state index contributed by atoms with van der Waals surface area (Å²) in [4.78, 5) is 23.8. The number of urea groups is 1. The smallest absolute Gasteiger partial charge is 0.321 e. The van der Waals surface area contributed by atoms with E-state index in [1.165, 1.54) is 11.8 Å². The van der Waals surface area contributed by atoms with Crippen LogP contribution in [0.2, 0.25) is 5.02 Å². The van der Waals surface area contributed by atoms with Crippen LogP contribution in [0.3, 0.4) is 0 Å². The summed E-state index contributed by atoms with van der Waals surface area (Å²) in [6.45, 7) is 3.84. The highest BCUT2D eigenvalue weighted by Crippen LogP contribution is 2.26. The quantitative estimate of drug-likeness (QED) is 0.822. The molecule has 1 rings (SSSR count). The van der Waals surface area contributed by atoms with Crippen molar-refractivity contribution in [2.75, 3.05) is 5.75 Å². The molecule has 1 aromatic rings. The van der Waals surface area contributed by atoms with Crippen molar-refractivity contribution in [3.8, 4) is 0 Å². The predicted molar refractivity (Wildman–Crippen MR) is 78.6 cm³/mol. The normalized spacial score (nSPS) is 11.7. The molecule has 3 amide bonds. The van der Waals surface area contributed by atoms with Gasteiger partial charge in [-0.15, -0.1) is 11.8 Å². The van der Waals surface area contributed by atoms with Gasteiger partial charge in [0.25, 0.3) is 0 Å². The minimum Gasteiger partial charge on any atom is -0.335 e. The Balaban J connectivity index is 2.36. The van der Waals surface area contributed by atoms with Crippen LogP contribution >= 0.6 is 23.4 Å².